The standard InChI is InChI=1S/C14H23N/c1-4-5-11-15-14(12(2)3)13-9-7-6-8-10-13/h6-10,12,14-15H,4-5,11H2,1-3H3/t14-/m0/s1. The molecule has 1 aromatic carbocycles. The predicted molar refractivity (Wildman–Crippen MR) is 66.9 cm³/mol. The molecule has 0 aromatic heterocycles. The maximum absolute atomic E-state index is 3.64. The van der Waals surface area contributed by atoms with E-state index in [1.807, 2.05) is 0 Å². The lowest BCUT2D eigenvalue weighted by atomic mass is 9.96. The smallest absolute Gasteiger partial charge is 0.0343 e. The van der Waals surface area contributed by atoms with Crippen LogP contribution in [0.5, 0.6) is 0 Å². The third-order valence-corrected chi connectivity index (χ3v) is 2.72. The third kappa shape index (κ3) is 4.05. The Bertz CT molecular complexity index is 253. The first-order chi connectivity index (χ1) is 7.25. The Kier molecular flexibility index (Phi) is 5.41. The summed E-state index contributed by atoms with van der Waals surface area (Å²) in [5.41, 5.74) is 1.41. The van der Waals surface area contributed by atoms with Crippen LogP contribution in [0.2, 0.25) is 0 Å². The van der Waals surface area contributed by atoms with Crippen molar-refractivity contribution >= 4 is 0 Å². The highest BCUT2D eigenvalue weighted by atomic mass is 14.9. The van der Waals surface area contributed by atoms with Crippen LogP contribution in [0, 0.1) is 5.92 Å². The highest BCUT2D eigenvalue weighted by molar-refractivity contribution is 5.19. The SMILES string of the molecule is CCCCN[C@H](c1ccccc1)C(C)C. The number of hydrogen-bond acceptors (Lipinski definition) is 1. The van der Waals surface area contributed by atoms with Crippen LogP contribution in [-0.2, 0) is 0 Å². The largest absolute Gasteiger partial charge is 0.310 e. The number of hydrogen-bond donors (Lipinski definition) is 1. The molecule has 15 heavy (non-hydrogen) atoms. The molecule has 0 saturated heterocycles. The fourth-order valence-corrected chi connectivity index (χ4v) is 1.83. The number of nitrogens with one attached hydrogen (secondary N) is 1. The number of benzene rings is 1. The molecule has 0 heterocycles. The molecule has 0 unspecified atom stereocenters. The zero-order chi connectivity index (χ0) is 11.1. The first-order valence-corrected chi connectivity index (χ1v) is 6.04. The van der Waals surface area contributed by atoms with E-state index in [9.17, 15) is 0 Å². The van der Waals surface area contributed by atoms with Crippen molar-refractivity contribution < 1.29 is 0 Å². The molecular weight excluding hydrogens is 182 g/mol. The molecule has 1 nitrogen and oxygen atoms in total. The molecule has 1 rings (SSSR count). The molecule has 0 fully saturated rings. The van der Waals surface area contributed by atoms with Crippen LogP contribution < -0.4 is 5.32 Å². The molecule has 0 aliphatic heterocycles. The van der Waals surface area contributed by atoms with E-state index in [4.69, 9.17) is 0 Å². The normalized spacial score (nSPS) is 13.1. The van der Waals surface area contributed by atoms with Crippen molar-refractivity contribution in [3.8, 4) is 0 Å². The summed E-state index contributed by atoms with van der Waals surface area (Å²) in [7, 11) is 0. The molecule has 84 valence electrons. The molecule has 0 radical (unpaired) electrons. The minimum absolute atomic E-state index is 0.498. The third-order valence-electron chi connectivity index (χ3n) is 2.72. The van der Waals surface area contributed by atoms with E-state index in [0.717, 1.165) is 6.54 Å². The zero-order valence-corrected chi connectivity index (χ0v) is 10.2. The first-order valence-electron chi connectivity index (χ1n) is 6.04. The lowest BCUT2D eigenvalue weighted by Crippen LogP contribution is -2.26. The van der Waals surface area contributed by atoms with Gasteiger partial charge in [-0.3, -0.25) is 0 Å². The van der Waals surface area contributed by atoms with Gasteiger partial charge in [-0.05, 0) is 24.4 Å². The second-order valence-corrected chi connectivity index (χ2v) is 4.44. The van der Waals surface area contributed by atoms with Gasteiger partial charge in [0.05, 0.1) is 0 Å². The van der Waals surface area contributed by atoms with Crippen LogP contribution in [0.1, 0.15) is 45.2 Å². The second kappa shape index (κ2) is 6.62. The van der Waals surface area contributed by atoms with Crippen LogP contribution in [0.3, 0.4) is 0 Å². The van der Waals surface area contributed by atoms with Crippen LogP contribution in [0.25, 0.3) is 0 Å². The molecular formula is C14H23N. The Morgan fingerprint density at radius 2 is 1.80 bits per heavy atom. The maximum Gasteiger partial charge on any atom is 0.0343 e. The highest BCUT2D eigenvalue weighted by Crippen LogP contribution is 2.20. The number of unbranched alkanes of at least 4 members (excludes halogenated alkanes) is 1. The van der Waals surface area contributed by atoms with E-state index in [1.165, 1.54) is 18.4 Å². The summed E-state index contributed by atoms with van der Waals surface area (Å²) in [6, 6.07) is 11.2. The zero-order valence-electron chi connectivity index (χ0n) is 10.2. The lowest BCUT2D eigenvalue weighted by molar-refractivity contribution is 0.408. The fourth-order valence-electron chi connectivity index (χ4n) is 1.83. The van der Waals surface area contributed by atoms with Crippen molar-refractivity contribution in [2.24, 2.45) is 5.92 Å². The minimum atomic E-state index is 0.498. The molecule has 0 spiro atoms. The van der Waals surface area contributed by atoms with Crippen molar-refractivity contribution in [3.63, 3.8) is 0 Å². The number of rotatable bonds is 6. The Labute approximate surface area is 93.9 Å². The van der Waals surface area contributed by atoms with Gasteiger partial charge in [-0.2, -0.15) is 0 Å². The van der Waals surface area contributed by atoms with Gasteiger partial charge in [0.15, 0.2) is 0 Å². The summed E-state index contributed by atoms with van der Waals surface area (Å²) in [4.78, 5) is 0. The van der Waals surface area contributed by atoms with Crippen molar-refractivity contribution in [3.05, 3.63) is 35.9 Å². The molecule has 0 amide bonds. The molecule has 1 heteroatoms. The van der Waals surface area contributed by atoms with E-state index in [1.54, 1.807) is 0 Å². The van der Waals surface area contributed by atoms with E-state index < -0.39 is 0 Å². The first kappa shape index (κ1) is 12.3. The summed E-state index contributed by atoms with van der Waals surface area (Å²) < 4.78 is 0. The van der Waals surface area contributed by atoms with Crippen molar-refractivity contribution in [1.29, 1.82) is 0 Å². The van der Waals surface area contributed by atoms with Gasteiger partial charge in [0.1, 0.15) is 0 Å². The predicted octanol–water partition coefficient (Wildman–Crippen LogP) is 3.77. The summed E-state index contributed by atoms with van der Waals surface area (Å²) in [6.07, 6.45) is 2.52. The van der Waals surface area contributed by atoms with Crippen molar-refractivity contribution in [1.82, 2.24) is 5.32 Å². The van der Waals surface area contributed by atoms with Crippen LogP contribution in [0.4, 0.5) is 0 Å². The molecule has 0 saturated carbocycles. The quantitative estimate of drug-likeness (QED) is 0.697. The minimum Gasteiger partial charge on any atom is -0.310 e. The van der Waals surface area contributed by atoms with E-state index in [-0.39, 0.29) is 0 Å². The van der Waals surface area contributed by atoms with E-state index in [0.29, 0.717) is 12.0 Å². The van der Waals surface area contributed by atoms with Gasteiger partial charge in [0.25, 0.3) is 0 Å². The molecule has 1 atom stereocenters. The molecule has 1 aromatic rings. The Hall–Kier alpha value is -0.820. The maximum atomic E-state index is 3.64. The average Bonchev–Trinajstić information content (AvgIpc) is 2.25. The molecule has 0 aliphatic carbocycles. The molecule has 0 bridgehead atoms. The van der Waals surface area contributed by atoms with Gasteiger partial charge in [-0.15, -0.1) is 0 Å². The van der Waals surface area contributed by atoms with Crippen molar-refractivity contribution in [2.75, 3.05) is 6.54 Å². The second-order valence-electron chi connectivity index (χ2n) is 4.44. The Morgan fingerprint density at radius 1 is 1.13 bits per heavy atom. The van der Waals surface area contributed by atoms with Gasteiger partial charge in [0.2, 0.25) is 0 Å². The molecule has 0 aliphatic rings. The summed E-state index contributed by atoms with van der Waals surface area (Å²) >= 11 is 0. The monoisotopic (exact) mass is 205 g/mol. The van der Waals surface area contributed by atoms with Crippen LogP contribution in [-0.4, -0.2) is 6.54 Å². The van der Waals surface area contributed by atoms with Gasteiger partial charge in [-0.25, -0.2) is 0 Å². The van der Waals surface area contributed by atoms with Gasteiger partial charge in [0, 0.05) is 6.04 Å². The highest BCUT2D eigenvalue weighted by Gasteiger charge is 2.13. The van der Waals surface area contributed by atoms with Crippen LogP contribution in [0.15, 0.2) is 30.3 Å². The summed E-state index contributed by atoms with van der Waals surface area (Å²) in [5, 5.41) is 3.64. The fraction of sp³-hybridized carbons (Fsp3) is 0.571. The Morgan fingerprint density at radius 3 is 2.33 bits per heavy atom. The van der Waals surface area contributed by atoms with Crippen molar-refractivity contribution in [2.45, 2.75) is 39.7 Å². The van der Waals surface area contributed by atoms with Gasteiger partial charge in [-0.1, -0.05) is 57.5 Å². The topological polar surface area (TPSA) is 12.0 Å². The van der Waals surface area contributed by atoms with Gasteiger partial charge < -0.3 is 5.32 Å². The summed E-state index contributed by atoms with van der Waals surface area (Å²) in [6.45, 7) is 7.90. The van der Waals surface area contributed by atoms with Crippen LogP contribution >= 0.6 is 0 Å². The Balaban J connectivity index is 2.58. The van der Waals surface area contributed by atoms with E-state index in [2.05, 4.69) is 56.4 Å². The summed E-state index contributed by atoms with van der Waals surface area (Å²) in [5.74, 6) is 0.643. The van der Waals surface area contributed by atoms with E-state index >= 15 is 0 Å². The van der Waals surface area contributed by atoms with Gasteiger partial charge >= 0.3 is 0 Å². The molecule has 1 N–H and O–H groups in total. The average molecular weight is 205 g/mol. The lowest BCUT2D eigenvalue weighted by Gasteiger charge is -2.22.